The SMILES string of the molecule is CCCCCCCCCCCC=CCCCCCOCCCCCC=CCCCCCCCCCCC. The van der Waals surface area contributed by atoms with E-state index in [1.807, 2.05) is 0 Å². The fourth-order valence-corrected chi connectivity index (χ4v) is 5.01. The molecule has 0 N–H and O–H groups in total. The monoisotopic (exact) mass is 519 g/mol. The van der Waals surface area contributed by atoms with Gasteiger partial charge in [-0.15, -0.1) is 0 Å². The van der Waals surface area contributed by atoms with Gasteiger partial charge in [0.25, 0.3) is 0 Å². The van der Waals surface area contributed by atoms with Crippen LogP contribution in [0.25, 0.3) is 0 Å². The molecule has 1 heteroatoms. The quantitative estimate of drug-likeness (QED) is 0.0635. The summed E-state index contributed by atoms with van der Waals surface area (Å²) in [6, 6.07) is 0. The lowest BCUT2D eigenvalue weighted by Crippen LogP contribution is -1.97. The minimum absolute atomic E-state index is 0.959. The molecule has 0 rings (SSSR count). The molecule has 0 heterocycles. The van der Waals surface area contributed by atoms with Crippen LogP contribution in [0.15, 0.2) is 24.3 Å². The van der Waals surface area contributed by atoms with E-state index in [9.17, 15) is 0 Å². The fourth-order valence-electron chi connectivity index (χ4n) is 5.01. The largest absolute Gasteiger partial charge is 0.381 e. The highest BCUT2D eigenvalue weighted by Crippen LogP contribution is 2.12. The molecule has 0 spiro atoms. The summed E-state index contributed by atoms with van der Waals surface area (Å²) in [4.78, 5) is 0. The molecule has 0 fully saturated rings. The van der Waals surface area contributed by atoms with Crippen molar-refractivity contribution >= 4 is 0 Å². The smallest absolute Gasteiger partial charge is 0.0466 e. The molecule has 220 valence electrons. The Balaban J connectivity index is 3.12. The second-order valence-corrected chi connectivity index (χ2v) is 11.5. The van der Waals surface area contributed by atoms with Crippen molar-refractivity contribution in [2.75, 3.05) is 13.2 Å². The summed E-state index contributed by atoms with van der Waals surface area (Å²) in [5.41, 5.74) is 0. The molecule has 0 bridgehead atoms. The van der Waals surface area contributed by atoms with Crippen molar-refractivity contribution in [2.24, 2.45) is 0 Å². The molecule has 0 atom stereocenters. The molecule has 0 unspecified atom stereocenters. The van der Waals surface area contributed by atoms with E-state index in [4.69, 9.17) is 4.74 Å². The number of ether oxygens (including phenoxy) is 1. The van der Waals surface area contributed by atoms with Crippen LogP contribution in [0.3, 0.4) is 0 Å². The van der Waals surface area contributed by atoms with Crippen molar-refractivity contribution in [1.29, 1.82) is 0 Å². The van der Waals surface area contributed by atoms with E-state index < -0.39 is 0 Å². The normalized spacial score (nSPS) is 11.9. The van der Waals surface area contributed by atoms with Crippen molar-refractivity contribution < 1.29 is 4.74 Å². The van der Waals surface area contributed by atoms with Crippen LogP contribution < -0.4 is 0 Å². The molecule has 0 radical (unpaired) electrons. The van der Waals surface area contributed by atoms with Crippen molar-refractivity contribution in [3.63, 3.8) is 0 Å². The van der Waals surface area contributed by atoms with Gasteiger partial charge in [-0.05, 0) is 64.2 Å². The second kappa shape index (κ2) is 35.4. The zero-order valence-corrected chi connectivity index (χ0v) is 25.9. The summed E-state index contributed by atoms with van der Waals surface area (Å²) in [6.07, 6.45) is 48.2. The van der Waals surface area contributed by atoms with Gasteiger partial charge >= 0.3 is 0 Å². The lowest BCUT2D eigenvalue weighted by molar-refractivity contribution is 0.126. The highest BCUT2D eigenvalue weighted by molar-refractivity contribution is 4.82. The van der Waals surface area contributed by atoms with E-state index in [1.165, 1.54) is 180 Å². The highest BCUT2D eigenvalue weighted by Gasteiger charge is 1.94. The predicted octanol–water partition coefficient (Wildman–Crippen LogP) is 13.1. The van der Waals surface area contributed by atoms with Gasteiger partial charge in [-0.1, -0.05) is 154 Å². The Hall–Kier alpha value is -0.560. The maximum absolute atomic E-state index is 5.84. The molecule has 0 aliphatic rings. The molecular weight excluding hydrogens is 448 g/mol. The molecular formula is C36H70O. The van der Waals surface area contributed by atoms with Crippen molar-refractivity contribution in [2.45, 2.75) is 194 Å². The van der Waals surface area contributed by atoms with Gasteiger partial charge in [0.15, 0.2) is 0 Å². The zero-order chi connectivity index (χ0) is 26.7. The third-order valence-electron chi connectivity index (χ3n) is 7.60. The molecule has 0 aromatic rings. The van der Waals surface area contributed by atoms with Gasteiger partial charge in [0.2, 0.25) is 0 Å². The van der Waals surface area contributed by atoms with Crippen LogP contribution in [0.4, 0.5) is 0 Å². The Morgan fingerprint density at radius 3 is 0.838 bits per heavy atom. The highest BCUT2D eigenvalue weighted by atomic mass is 16.5. The first-order valence-electron chi connectivity index (χ1n) is 17.3. The molecule has 0 aromatic carbocycles. The van der Waals surface area contributed by atoms with Crippen molar-refractivity contribution in [3.8, 4) is 0 Å². The molecule has 37 heavy (non-hydrogen) atoms. The van der Waals surface area contributed by atoms with Crippen molar-refractivity contribution in [1.82, 2.24) is 0 Å². The van der Waals surface area contributed by atoms with Gasteiger partial charge in [-0.2, -0.15) is 0 Å². The summed E-state index contributed by atoms with van der Waals surface area (Å²) in [7, 11) is 0. The van der Waals surface area contributed by atoms with E-state index in [1.54, 1.807) is 0 Å². The van der Waals surface area contributed by atoms with E-state index >= 15 is 0 Å². The first kappa shape index (κ1) is 36.4. The van der Waals surface area contributed by atoms with Gasteiger partial charge in [0.1, 0.15) is 0 Å². The lowest BCUT2D eigenvalue weighted by atomic mass is 10.1. The average molecular weight is 519 g/mol. The van der Waals surface area contributed by atoms with Gasteiger partial charge in [-0.25, -0.2) is 0 Å². The minimum atomic E-state index is 0.959. The van der Waals surface area contributed by atoms with Crippen LogP contribution in [0.5, 0.6) is 0 Å². The maximum Gasteiger partial charge on any atom is 0.0466 e. The third kappa shape index (κ3) is 35.4. The Labute approximate surface area is 235 Å². The average Bonchev–Trinajstić information content (AvgIpc) is 2.91. The Morgan fingerprint density at radius 2 is 0.541 bits per heavy atom. The predicted molar refractivity (Wildman–Crippen MR) is 170 cm³/mol. The first-order valence-corrected chi connectivity index (χ1v) is 17.3. The van der Waals surface area contributed by atoms with Crippen molar-refractivity contribution in [3.05, 3.63) is 24.3 Å². The number of hydrogen-bond donors (Lipinski definition) is 0. The van der Waals surface area contributed by atoms with Crippen LogP contribution in [-0.4, -0.2) is 13.2 Å². The van der Waals surface area contributed by atoms with Crippen LogP contribution in [-0.2, 0) is 4.74 Å². The van der Waals surface area contributed by atoms with E-state index in [0.29, 0.717) is 0 Å². The molecule has 0 aliphatic carbocycles. The molecule has 1 nitrogen and oxygen atoms in total. The molecule has 0 aliphatic heterocycles. The Bertz CT molecular complexity index is 398. The summed E-state index contributed by atoms with van der Waals surface area (Å²) in [5.74, 6) is 0. The van der Waals surface area contributed by atoms with Gasteiger partial charge in [0, 0.05) is 13.2 Å². The van der Waals surface area contributed by atoms with E-state index in [-0.39, 0.29) is 0 Å². The number of allylic oxidation sites excluding steroid dienone is 4. The summed E-state index contributed by atoms with van der Waals surface area (Å²) in [5, 5.41) is 0. The molecule has 0 saturated carbocycles. The topological polar surface area (TPSA) is 9.23 Å². The number of rotatable bonds is 32. The minimum Gasteiger partial charge on any atom is -0.381 e. The second-order valence-electron chi connectivity index (χ2n) is 11.5. The van der Waals surface area contributed by atoms with Crippen LogP contribution in [0.1, 0.15) is 194 Å². The number of hydrogen-bond acceptors (Lipinski definition) is 1. The standard InChI is InChI=1S/C36H70O/c1-3-5-7-9-11-13-15-17-19-21-23-25-27-29-31-33-35-37-36-34-32-30-28-26-24-22-20-18-16-14-12-10-8-6-4-2/h23-26H,3-22,27-36H2,1-2H3. The number of unbranched alkanes of at least 4 members (excludes halogenated alkanes) is 24. The first-order chi connectivity index (χ1) is 18.4. The maximum atomic E-state index is 5.84. The van der Waals surface area contributed by atoms with Gasteiger partial charge in [0.05, 0.1) is 0 Å². The molecule has 0 amide bonds. The summed E-state index contributed by atoms with van der Waals surface area (Å²) >= 11 is 0. The third-order valence-corrected chi connectivity index (χ3v) is 7.60. The van der Waals surface area contributed by atoms with Crippen LogP contribution >= 0.6 is 0 Å². The molecule has 0 saturated heterocycles. The van der Waals surface area contributed by atoms with E-state index in [0.717, 1.165) is 13.2 Å². The van der Waals surface area contributed by atoms with Crippen LogP contribution in [0, 0.1) is 0 Å². The van der Waals surface area contributed by atoms with Gasteiger partial charge in [-0.3, -0.25) is 0 Å². The van der Waals surface area contributed by atoms with Crippen LogP contribution in [0.2, 0.25) is 0 Å². The lowest BCUT2D eigenvalue weighted by Gasteiger charge is -2.03. The molecule has 0 aromatic heterocycles. The Kier molecular flexibility index (Phi) is 34.9. The van der Waals surface area contributed by atoms with E-state index in [2.05, 4.69) is 38.2 Å². The summed E-state index contributed by atoms with van der Waals surface area (Å²) in [6.45, 7) is 6.51. The summed E-state index contributed by atoms with van der Waals surface area (Å²) < 4.78 is 5.84. The van der Waals surface area contributed by atoms with Gasteiger partial charge < -0.3 is 4.74 Å². The fraction of sp³-hybridized carbons (Fsp3) is 0.889. The zero-order valence-electron chi connectivity index (χ0n) is 25.9. The Morgan fingerprint density at radius 1 is 0.297 bits per heavy atom.